The van der Waals surface area contributed by atoms with Gasteiger partial charge < -0.3 is 9.88 Å². The Labute approximate surface area is 236 Å². The van der Waals surface area contributed by atoms with E-state index >= 15 is 0 Å². The van der Waals surface area contributed by atoms with Crippen LogP contribution in [0.2, 0.25) is 0 Å². The number of imidazole rings is 1. The number of amides is 1. The molecular weight excluding hydrogens is 514 g/mol. The Morgan fingerprint density at radius 2 is 1.80 bits per heavy atom. The van der Waals surface area contributed by atoms with Crippen molar-refractivity contribution in [2.24, 2.45) is 7.05 Å². The van der Waals surface area contributed by atoms with Crippen molar-refractivity contribution < 1.29 is 4.79 Å². The van der Waals surface area contributed by atoms with E-state index in [1.54, 1.807) is 40.7 Å². The lowest BCUT2D eigenvalue weighted by Crippen LogP contribution is -2.32. The maximum atomic E-state index is 14.2. The first-order chi connectivity index (χ1) is 19.8. The minimum absolute atomic E-state index is 0.218. The molecule has 1 N–H and O–H groups in total. The molecule has 1 amide bonds. The van der Waals surface area contributed by atoms with Gasteiger partial charge in [-0.3, -0.25) is 14.2 Å². The van der Waals surface area contributed by atoms with Crippen molar-refractivity contribution in [3.8, 4) is 17.5 Å². The highest BCUT2D eigenvalue weighted by molar-refractivity contribution is 6.01. The topological polar surface area (TPSA) is 99.1 Å². The molecule has 0 saturated heterocycles. The van der Waals surface area contributed by atoms with E-state index in [9.17, 15) is 9.59 Å². The summed E-state index contributed by atoms with van der Waals surface area (Å²) in [6.07, 6.45) is 5.10. The van der Waals surface area contributed by atoms with Crippen LogP contribution in [0.15, 0.2) is 84.0 Å². The number of pyridine rings is 1. The number of aromatic nitrogens is 6. The van der Waals surface area contributed by atoms with Gasteiger partial charge in [0.25, 0.3) is 11.5 Å². The molecule has 0 radical (unpaired) electrons. The van der Waals surface area contributed by atoms with Crippen LogP contribution in [0.5, 0.6) is 0 Å². The summed E-state index contributed by atoms with van der Waals surface area (Å²) in [5.41, 5.74) is 3.92. The van der Waals surface area contributed by atoms with Crippen molar-refractivity contribution in [1.82, 2.24) is 34.0 Å². The molecule has 0 bridgehead atoms. The molecule has 1 atom stereocenters. The Bertz CT molecular complexity index is 2070. The second kappa shape index (κ2) is 10.2. The molecule has 4 aromatic heterocycles. The Balaban J connectivity index is 1.48. The molecule has 2 aromatic carbocycles. The molecule has 0 fully saturated rings. The summed E-state index contributed by atoms with van der Waals surface area (Å²) in [7, 11) is 1.91. The molecule has 9 nitrogen and oxygen atoms in total. The van der Waals surface area contributed by atoms with E-state index in [1.165, 1.54) is 0 Å². The number of nitrogens with zero attached hydrogens (tertiary/aromatic N) is 6. The fraction of sp³-hybridized carbons (Fsp3) is 0.156. The summed E-state index contributed by atoms with van der Waals surface area (Å²) in [6.45, 7) is 5.55. The van der Waals surface area contributed by atoms with Crippen molar-refractivity contribution in [1.29, 1.82) is 0 Å². The van der Waals surface area contributed by atoms with Gasteiger partial charge in [-0.25, -0.2) is 14.5 Å². The zero-order valence-electron chi connectivity index (χ0n) is 23.1. The summed E-state index contributed by atoms with van der Waals surface area (Å²) in [4.78, 5) is 36.4. The third kappa shape index (κ3) is 4.55. The Kier molecular flexibility index (Phi) is 6.44. The zero-order chi connectivity index (χ0) is 28.7. The number of hydrogen-bond acceptors (Lipinski definition) is 5. The van der Waals surface area contributed by atoms with E-state index in [0.717, 1.165) is 16.9 Å². The molecule has 0 saturated carbocycles. The number of rotatable bonds is 4. The monoisotopic (exact) mass is 541 g/mol. The molecule has 9 heteroatoms. The highest BCUT2D eigenvalue weighted by atomic mass is 16.2. The average molecular weight is 542 g/mol. The van der Waals surface area contributed by atoms with Gasteiger partial charge in [0.2, 0.25) is 0 Å². The standard InChI is InChI=1S/C32H27N7O2/c1-20(35-31(40)28-21(2)36-38-17-9-16-33-30(28)38)27-18-24-11-8-10-23(14-15-26-19-34-22(3)37(26)4)29(24)32(41)39(27)25-12-6-5-7-13-25/h5-13,16-20H,1-4H3,(H,35,40). The molecule has 0 aliphatic carbocycles. The molecule has 202 valence electrons. The Morgan fingerprint density at radius 3 is 2.56 bits per heavy atom. The first kappa shape index (κ1) is 25.8. The van der Waals surface area contributed by atoms with Crippen molar-refractivity contribution in [3.05, 3.63) is 124 Å². The van der Waals surface area contributed by atoms with Crippen LogP contribution in [-0.2, 0) is 7.05 Å². The predicted octanol–water partition coefficient (Wildman–Crippen LogP) is 4.27. The summed E-state index contributed by atoms with van der Waals surface area (Å²) in [5, 5.41) is 8.73. The highest BCUT2D eigenvalue weighted by Crippen LogP contribution is 2.24. The lowest BCUT2D eigenvalue weighted by atomic mass is 10.0. The van der Waals surface area contributed by atoms with E-state index in [2.05, 4.69) is 32.2 Å². The lowest BCUT2D eigenvalue weighted by molar-refractivity contribution is 0.0939. The van der Waals surface area contributed by atoms with Crippen molar-refractivity contribution in [2.45, 2.75) is 26.8 Å². The van der Waals surface area contributed by atoms with Gasteiger partial charge in [0, 0.05) is 36.4 Å². The molecule has 0 aliphatic heterocycles. The van der Waals surface area contributed by atoms with E-state index in [1.807, 2.05) is 80.1 Å². The number of aryl methyl sites for hydroxylation is 2. The number of hydrogen-bond donors (Lipinski definition) is 1. The Hall–Kier alpha value is -5.49. The quantitative estimate of drug-likeness (QED) is 0.336. The second-order valence-electron chi connectivity index (χ2n) is 9.86. The summed E-state index contributed by atoms with van der Waals surface area (Å²) < 4.78 is 5.14. The first-order valence-electron chi connectivity index (χ1n) is 13.2. The van der Waals surface area contributed by atoms with Crippen LogP contribution in [0.1, 0.15) is 51.8 Å². The van der Waals surface area contributed by atoms with Crippen molar-refractivity contribution >= 4 is 22.3 Å². The van der Waals surface area contributed by atoms with Gasteiger partial charge >= 0.3 is 0 Å². The van der Waals surface area contributed by atoms with Crippen LogP contribution < -0.4 is 10.9 Å². The largest absolute Gasteiger partial charge is 0.344 e. The van der Waals surface area contributed by atoms with Gasteiger partial charge in [-0.15, -0.1) is 0 Å². The summed E-state index contributed by atoms with van der Waals surface area (Å²) >= 11 is 0. The van der Waals surface area contributed by atoms with Gasteiger partial charge in [-0.2, -0.15) is 5.10 Å². The maximum Gasteiger partial charge on any atom is 0.264 e. The summed E-state index contributed by atoms with van der Waals surface area (Å²) in [6, 6.07) is 18.2. The number of carbonyl (C=O) groups excluding carboxylic acids is 1. The van der Waals surface area contributed by atoms with Crippen LogP contribution in [0, 0.1) is 25.7 Å². The van der Waals surface area contributed by atoms with Crippen LogP contribution >= 0.6 is 0 Å². The van der Waals surface area contributed by atoms with E-state index in [4.69, 9.17) is 0 Å². The van der Waals surface area contributed by atoms with Gasteiger partial charge in [0.1, 0.15) is 17.1 Å². The van der Waals surface area contributed by atoms with E-state index in [0.29, 0.717) is 39.2 Å². The van der Waals surface area contributed by atoms with Gasteiger partial charge in [0.15, 0.2) is 5.65 Å². The minimum Gasteiger partial charge on any atom is -0.344 e. The molecule has 6 rings (SSSR count). The number of nitrogens with one attached hydrogen (secondary N) is 1. The maximum absolute atomic E-state index is 14.2. The fourth-order valence-electron chi connectivity index (χ4n) is 5.00. The zero-order valence-corrected chi connectivity index (χ0v) is 23.1. The van der Waals surface area contributed by atoms with Crippen molar-refractivity contribution in [2.75, 3.05) is 0 Å². The SMILES string of the molecule is Cc1nn2cccnc2c1C(=O)NC(C)c1cc2cccc(C#Cc3cnc(C)n3C)c2c(=O)n1-c1ccccc1. The normalized spacial score (nSPS) is 11.8. The van der Waals surface area contributed by atoms with Crippen LogP contribution in [0.3, 0.4) is 0 Å². The molecule has 0 aliphatic rings. The number of para-hydroxylation sites is 1. The van der Waals surface area contributed by atoms with E-state index < -0.39 is 6.04 Å². The van der Waals surface area contributed by atoms with Crippen LogP contribution in [-0.4, -0.2) is 34.6 Å². The van der Waals surface area contributed by atoms with Crippen LogP contribution in [0.4, 0.5) is 0 Å². The summed E-state index contributed by atoms with van der Waals surface area (Å²) in [5.74, 6) is 6.89. The third-order valence-electron chi connectivity index (χ3n) is 7.22. The number of fused-ring (bicyclic) bond motifs is 2. The number of carbonyl (C=O) groups is 1. The highest BCUT2D eigenvalue weighted by Gasteiger charge is 2.23. The molecule has 6 aromatic rings. The smallest absolute Gasteiger partial charge is 0.264 e. The minimum atomic E-state index is -0.523. The molecule has 41 heavy (non-hydrogen) atoms. The van der Waals surface area contributed by atoms with E-state index in [-0.39, 0.29) is 11.5 Å². The molecule has 0 spiro atoms. The molecule has 1 unspecified atom stereocenters. The van der Waals surface area contributed by atoms with Gasteiger partial charge in [-0.1, -0.05) is 36.3 Å². The molecular formula is C32H27N7O2. The second-order valence-corrected chi connectivity index (χ2v) is 9.86. The lowest BCUT2D eigenvalue weighted by Gasteiger charge is -2.21. The number of benzene rings is 2. The van der Waals surface area contributed by atoms with Gasteiger partial charge in [0.05, 0.1) is 23.3 Å². The van der Waals surface area contributed by atoms with Crippen LogP contribution in [0.25, 0.3) is 22.1 Å². The average Bonchev–Trinajstić information content (AvgIpc) is 3.49. The molecule has 4 heterocycles. The fourth-order valence-corrected chi connectivity index (χ4v) is 5.00. The Morgan fingerprint density at radius 1 is 1.00 bits per heavy atom. The third-order valence-corrected chi connectivity index (χ3v) is 7.22. The van der Waals surface area contributed by atoms with Crippen molar-refractivity contribution in [3.63, 3.8) is 0 Å². The van der Waals surface area contributed by atoms with Gasteiger partial charge in [-0.05, 0) is 62.4 Å². The predicted molar refractivity (Wildman–Crippen MR) is 157 cm³/mol. The first-order valence-corrected chi connectivity index (χ1v) is 13.2.